The van der Waals surface area contributed by atoms with Gasteiger partial charge in [-0.15, -0.1) is 0 Å². The molecule has 13 heteroatoms. The molecule has 0 saturated carbocycles. The van der Waals surface area contributed by atoms with E-state index in [1.54, 1.807) is 24.5 Å². The Morgan fingerprint density at radius 1 is 0.884 bits per heavy atom. The van der Waals surface area contributed by atoms with Gasteiger partial charge in [0, 0.05) is 31.5 Å². The maximum Gasteiger partial charge on any atom is 0.414 e. The number of carbonyl (C=O) groups excluding carboxylic acids is 1. The average molecular weight is 589 g/mol. The number of hydrogen-bond acceptors (Lipinski definition) is 9. The Morgan fingerprint density at radius 2 is 1.47 bits per heavy atom. The summed E-state index contributed by atoms with van der Waals surface area (Å²) in [6.07, 6.45) is 2.30. The molecule has 43 heavy (non-hydrogen) atoms. The topological polar surface area (TPSA) is 125 Å². The van der Waals surface area contributed by atoms with Crippen molar-refractivity contribution in [1.29, 1.82) is 0 Å². The summed E-state index contributed by atoms with van der Waals surface area (Å²) >= 11 is 0. The van der Waals surface area contributed by atoms with Crippen molar-refractivity contribution in [2.24, 2.45) is 0 Å². The highest BCUT2D eigenvalue weighted by Crippen LogP contribution is 2.33. The third-order valence-corrected chi connectivity index (χ3v) is 7.52. The van der Waals surface area contributed by atoms with E-state index >= 15 is 0 Å². The van der Waals surface area contributed by atoms with Gasteiger partial charge in [-0.3, -0.25) is 25.0 Å². The molecule has 1 N–H and O–H groups in total. The number of halogens is 2. The molecule has 7 rings (SSSR count). The molecule has 0 unspecified atom stereocenters. The van der Waals surface area contributed by atoms with Crippen LogP contribution in [0.1, 0.15) is 22.5 Å². The third-order valence-electron chi connectivity index (χ3n) is 7.52. The maximum absolute atomic E-state index is 14.6. The maximum atomic E-state index is 14.6. The van der Waals surface area contributed by atoms with Crippen LogP contribution >= 0.6 is 0 Å². The Balaban J connectivity index is 0.000000157. The van der Waals surface area contributed by atoms with Crippen molar-refractivity contribution in [3.05, 3.63) is 117 Å². The molecule has 0 spiro atoms. The van der Waals surface area contributed by atoms with E-state index in [-0.39, 0.29) is 18.8 Å². The van der Waals surface area contributed by atoms with Gasteiger partial charge in [0.2, 0.25) is 0 Å². The Hall–Kier alpha value is -5.17. The van der Waals surface area contributed by atoms with Crippen molar-refractivity contribution < 1.29 is 28.3 Å². The summed E-state index contributed by atoms with van der Waals surface area (Å²) in [5.74, 6) is -0.984. The largest absolute Gasteiger partial charge is 0.441 e. The number of hydrogen-bond donors (Lipinski definition) is 1. The van der Waals surface area contributed by atoms with E-state index in [2.05, 4.69) is 9.97 Å². The van der Waals surface area contributed by atoms with Crippen molar-refractivity contribution in [2.75, 3.05) is 27.9 Å². The second kappa shape index (κ2) is 11.6. The number of pyridine rings is 2. The second-order valence-electron chi connectivity index (χ2n) is 10.3. The zero-order chi connectivity index (χ0) is 30.1. The number of aliphatic hydroxyl groups excluding tert-OH is 1. The molecule has 1 saturated heterocycles. The number of nitro groups is 1. The predicted octanol–water partition coefficient (Wildman–Crippen LogP) is 4.71. The van der Waals surface area contributed by atoms with Crippen molar-refractivity contribution in [2.45, 2.75) is 32.3 Å². The molecule has 2 aromatic heterocycles. The average Bonchev–Trinajstić information content (AvgIpc) is 3.73. The number of nitro benzene ring substituents is 1. The molecule has 0 radical (unpaired) electrons. The molecule has 0 bridgehead atoms. The van der Waals surface area contributed by atoms with Gasteiger partial charge in [0.05, 0.1) is 65.7 Å². The summed E-state index contributed by atoms with van der Waals surface area (Å²) in [5, 5.41) is 19.7. The van der Waals surface area contributed by atoms with Gasteiger partial charge in [-0.2, -0.15) is 0 Å². The first kappa shape index (κ1) is 28.0. The summed E-state index contributed by atoms with van der Waals surface area (Å²) in [6.45, 7) is 2.22. The van der Waals surface area contributed by atoms with E-state index in [1.165, 1.54) is 23.1 Å². The van der Waals surface area contributed by atoms with E-state index in [0.717, 1.165) is 28.6 Å². The summed E-state index contributed by atoms with van der Waals surface area (Å²) in [5.41, 5.74) is 5.04. The molecular formula is C30H26F2N6O5. The van der Waals surface area contributed by atoms with E-state index in [4.69, 9.17) is 9.84 Å². The number of aliphatic hydroxyl groups is 1. The van der Waals surface area contributed by atoms with Crippen LogP contribution in [-0.4, -0.2) is 45.3 Å². The van der Waals surface area contributed by atoms with Crippen LogP contribution in [0, 0.1) is 21.7 Å². The first-order valence-corrected chi connectivity index (χ1v) is 13.5. The fourth-order valence-corrected chi connectivity index (χ4v) is 5.35. The number of aromatic nitrogens is 2. The minimum atomic E-state index is -0.604. The Morgan fingerprint density at radius 3 is 1.95 bits per heavy atom. The molecule has 5 heterocycles. The van der Waals surface area contributed by atoms with E-state index < -0.39 is 28.8 Å². The Labute approximate surface area is 244 Å². The van der Waals surface area contributed by atoms with Crippen LogP contribution in [0.5, 0.6) is 0 Å². The standard InChI is InChI=1S/C17H16FN3O3.C13H10FN3O2/c18-14-6-12(21-8-13(10-22)24-17(21)23)3-4-16(14)20-7-11-2-1-5-19-15(11)9-20;14-11-6-10(17(18)19)3-4-13(11)16-7-9-2-1-5-15-12(9)8-16/h1-6,13,22H,7-10H2;1-6H,7-8H2/t13-;/m1./s1. The van der Waals surface area contributed by atoms with Crippen LogP contribution in [0.25, 0.3) is 0 Å². The number of benzene rings is 2. The lowest BCUT2D eigenvalue weighted by molar-refractivity contribution is -0.385. The summed E-state index contributed by atoms with van der Waals surface area (Å²) < 4.78 is 33.5. The lowest BCUT2D eigenvalue weighted by Gasteiger charge is -2.20. The highest BCUT2D eigenvalue weighted by Gasteiger charge is 2.32. The quantitative estimate of drug-likeness (QED) is 0.261. The highest BCUT2D eigenvalue weighted by atomic mass is 19.1. The summed E-state index contributed by atoms with van der Waals surface area (Å²) in [4.78, 5) is 35.4. The van der Waals surface area contributed by atoms with Gasteiger partial charge in [-0.1, -0.05) is 12.1 Å². The van der Waals surface area contributed by atoms with Gasteiger partial charge in [-0.25, -0.2) is 13.6 Å². The molecule has 0 aliphatic carbocycles. The second-order valence-corrected chi connectivity index (χ2v) is 10.3. The molecule has 1 amide bonds. The Kier molecular flexibility index (Phi) is 7.55. The van der Waals surface area contributed by atoms with Crippen molar-refractivity contribution >= 4 is 28.8 Å². The number of fused-ring (bicyclic) bond motifs is 2. The highest BCUT2D eigenvalue weighted by molar-refractivity contribution is 5.90. The number of amides is 1. The van der Waals surface area contributed by atoms with Crippen LogP contribution in [0.2, 0.25) is 0 Å². The molecule has 4 aromatic rings. The molecular weight excluding hydrogens is 562 g/mol. The van der Waals surface area contributed by atoms with Gasteiger partial charge in [0.25, 0.3) is 5.69 Å². The molecule has 1 atom stereocenters. The first-order chi connectivity index (χ1) is 20.8. The van der Waals surface area contributed by atoms with E-state index in [0.29, 0.717) is 43.2 Å². The smallest absolute Gasteiger partial charge is 0.414 e. The zero-order valence-corrected chi connectivity index (χ0v) is 22.8. The SMILES string of the molecule is O=C1O[C@@H](CO)CN1c1ccc(N2Cc3cccnc3C2)c(F)c1.O=[N+]([O-])c1ccc(N2Cc3cccnc3C2)c(F)c1. The number of rotatable bonds is 5. The lowest BCUT2D eigenvalue weighted by Crippen LogP contribution is -2.25. The van der Waals surface area contributed by atoms with Crippen LogP contribution in [0.15, 0.2) is 73.1 Å². The normalized spacial score (nSPS) is 16.9. The number of ether oxygens (including phenoxy) is 1. The van der Waals surface area contributed by atoms with Gasteiger partial charge in [-0.05, 0) is 47.5 Å². The van der Waals surface area contributed by atoms with Gasteiger partial charge >= 0.3 is 6.09 Å². The zero-order valence-electron chi connectivity index (χ0n) is 22.8. The number of nitrogens with zero attached hydrogens (tertiary/aromatic N) is 6. The van der Waals surface area contributed by atoms with Crippen molar-refractivity contribution in [3.63, 3.8) is 0 Å². The number of carbonyl (C=O) groups is 1. The van der Waals surface area contributed by atoms with Gasteiger partial charge in [0.1, 0.15) is 11.9 Å². The van der Waals surface area contributed by atoms with Gasteiger partial charge in [0.15, 0.2) is 5.82 Å². The van der Waals surface area contributed by atoms with E-state index in [1.807, 2.05) is 34.1 Å². The van der Waals surface area contributed by atoms with Crippen LogP contribution < -0.4 is 14.7 Å². The van der Waals surface area contributed by atoms with Crippen LogP contribution in [0.3, 0.4) is 0 Å². The fourth-order valence-electron chi connectivity index (χ4n) is 5.35. The minimum absolute atomic E-state index is 0.215. The van der Waals surface area contributed by atoms with Crippen LogP contribution in [-0.2, 0) is 30.9 Å². The molecule has 2 aromatic carbocycles. The molecule has 220 valence electrons. The monoisotopic (exact) mass is 588 g/mol. The summed E-state index contributed by atoms with van der Waals surface area (Å²) in [7, 11) is 0. The molecule has 11 nitrogen and oxygen atoms in total. The fraction of sp³-hybridized carbons (Fsp3) is 0.233. The Bertz CT molecular complexity index is 1660. The van der Waals surface area contributed by atoms with Crippen molar-refractivity contribution in [1.82, 2.24) is 9.97 Å². The lowest BCUT2D eigenvalue weighted by atomic mass is 10.2. The van der Waals surface area contributed by atoms with Gasteiger partial charge < -0.3 is 19.6 Å². The molecule has 3 aliphatic rings. The third kappa shape index (κ3) is 5.66. The number of cyclic esters (lactones) is 1. The predicted molar refractivity (Wildman–Crippen MR) is 152 cm³/mol. The number of anilines is 3. The molecule has 1 fully saturated rings. The van der Waals surface area contributed by atoms with E-state index in [9.17, 15) is 23.7 Å². The minimum Gasteiger partial charge on any atom is -0.441 e. The first-order valence-electron chi connectivity index (χ1n) is 13.5. The molecule has 3 aliphatic heterocycles. The van der Waals surface area contributed by atoms with Crippen molar-refractivity contribution in [3.8, 4) is 0 Å². The van der Waals surface area contributed by atoms with Crippen LogP contribution in [0.4, 0.5) is 36.3 Å². The number of non-ortho nitro benzene ring substituents is 1. The summed E-state index contributed by atoms with van der Waals surface area (Å²) in [6, 6.07) is 16.0.